The Bertz CT molecular complexity index is 499. The zero-order chi connectivity index (χ0) is 13.9. The van der Waals surface area contributed by atoms with Crippen molar-refractivity contribution in [2.24, 2.45) is 0 Å². The quantitative estimate of drug-likeness (QED) is 0.605. The lowest BCUT2D eigenvalue weighted by Crippen LogP contribution is -2.34. The fourth-order valence-electron chi connectivity index (χ4n) is 1.63. The van der Waals surface area contributed by atoms with Crippen molar-refractivity contribution in [2.45, 2.75) is 25.0 Å². The highest BCUT2D eigenvalue weighted by molar-refractivity contribution is 7.98. The van der Waals surface area contributed by atoms with Crippen molar-refractivity contribution in [3.63, 3.8) is 0 Å². The Hall–Kier alpha value is -1.34. The molecule has 0 aromatic carbocycles. The maximum absolute atomic E-state index is 12.2. The lowest BCUT2D eigenvalue weighted by Gasteiger charge is -2.20. The van der Waals surface area contributed by atoms with E-state index in [0.29, 0.717) is 16.3 Å². The number of aromatic nitrogens is 2. The summed E-state index contributed by atoms with van der Waals surface area (Å²) in [5.41, 5.74) is 0.402. The van der Waals surface area contributed by atoms with Crippen LogP contribution in [0.2, 0.25) is 0 Å². The van der Waals surface area contributed by atoms with Crippen LogP contribution in [0.15, 0.2) is 9.82 Å². The molecule has 1 aromatic heterocycles. The highest BCUT2D eigenvalue weighted by Crippen LogP contribution is 2.19. The number of aryl methyl sites for hydroxylation is 1. The highest BCUT2D eigenvalue weighted by atomic mass is 32.2. The fourth-order valence-corrected chi connectivity index (χ4v) is 2.25. The van der Waals surface area contributed by atoms with Gasteiger partial charge >= 0.3 is 5.69 Å². The molecule has 6 nitrogen and oxygen atoms in total. The van der Waals surface area contributed by atoms with Gasteiger partial charge in [-0.3, -0.25) is 4.79 Å². The first kappa shape index (κ1) is 14.7. The number of nitrogens with one attached hydrogen (secondary N) is 1. The number of amides is 1. The van der Waals surface area contributed by atoms with E-state index in [0.717, 1.165) is 0 Å². The van der Waals surface area contributed by atoms with Crippen LogP contribution in [-0.2, 0) is 0 Å². The lowest BCUT2D eigenvalue weighted by molar-refractivity contribution is 0.0698. The Morgan fingerprint density at radius 3 is 2.72 bits per heavy atom. The number of H-pyrrole nitrogens is 1. The van der Waals surface area contributed by atoms with Gasteiger partial charge in [-0.05, 0) is 20.1 Å². The second kappa shape index (κ2) is 6.01. The third kappa shape index (κ3) is 3.33. The lowest BCUT2D eigenvalue weighted by atomic mass is 10.2. The van der Waals surface area contributed by atoms with E-state index in [-0.39, 0.29) is 12.5 Å². The van der Waals surface area contributed by atoms with Crippen molar-refractivity contribution in [1.82, 2.24) is 14.9 Å². The Kier molecular flexibility index (Phi) is 4.92. The molecule has 1 unspecified atom stereocenters. The van der Waals surface area contributed by atoms with Crippen molar-refractivity contribution < 1.29 is 9.90 Å². The van der Waals surface area contributed by atoms with Gasteiger partial charge in [0.25, 0.3) is 5.91 Å². The van der Waals surface area contributed by atoms with Crippen molar-refractivity contribution >= 4 is 17.7 Å². The van der Waals surface area contributed by atoms with Gasteiger partial charge in [-0.2, -0.15) is 4.98 Å². The number of hydrogen-bond acceptors (Lipinski definition) is 5. The standard InChI is InChI=1S/C11H17N3O3S/c1-6(15)5-14(3)10(16)8-7(2)12-11(17)13-9(8)18-4/h6,15H,5H2,1-4H3,(H,12,13,17). The zero-order valence-electron chi connectivity index (χ0n) is 10.9. The van der Waals surface area contributed by atoms with Crippen molar-refractivity contribution in [2.75, 3.05) is 19.8 Å². The van der Waals surface area contributed by atoms with Gasteiger partial charge < -0.3 is 15.0 Å². The average Bonchev–Trinajstić information content (AvgIpc) is 2.26. The van der Waals surface area contributed by atoms with E-state index in [1.807, 2.05) is 0 Å². The normalized spacial score (nSPS) is 12.3. The summed E-state index contributed by atoms with van der Waals surface area (Å²) in [5.74, 6) is -0.262. The number of aliphatic hydroxyl groups excluding tert-OH is 1. The summed E-state index contributed by atoms with van der Waals surface area (Å²) in [6, 6.07) is 0. The molecule has 1 atom stereocenters. The zero-order valence-corrected chi connectivity index (χ0v) is 11.7. The van der Waals surface area contributed by atoms with E-state index in [9.17, 15) is 14.7 Å². The molecule has 1 rings (SSSR count). The summed E-state index contributed by atoms with van der Waals surface area (Å²) in [4.78, 5) is 31.2. The van der Waals surface area contributed by atoms with E-state index in [2.05, 4.69) is 9.97 Å². The largest absolute Gasteiger partial charge is 0.392 e. The predicted octanol–water partition coefficient (Wildman–Crippen LogP) is 0.253. The minimum absolute atomic E-state index is 0.227. The van der Waals surface area contributed by atoms with E-state index in [4.69, 9.17) is 0 Å². The molecule has 1 aromatic rings. The van der Waals surface area contributed by atoms with Crippen LogP contribution in [0.4, 0.5) is 0 Å². The molecule has 0 aliphatic carbocycles. The Balaban J connectivity index is 3.16. The molecule has 18 heavy (non-hydrogen) atoms. The number of rotatable bonds is 4. The second-order valence-electron chi connectivity index (χ2n) is 4.09. The van der Waals surface area contributed by atoms with Crippen LogP contribution in [0.5, 0.6) is 0 Å². The number of aliphatic hydroxyl groups is 1. The summed E-state index contributed by atoms with van der Waals surface area (Å²) >= 11 is 1.25. The fraction of sp³-hybridized carbons (Fsp3) is 0.545. The molecule has 0 saturated heterocycles. The summed E-state index contributed by atoms with van der Waals surface area (Å²) in [6.07, 6.45) is 1.15. The van der Waals surface area contributed by atoms with Gasteiger partial charge in [-0.1, -0.05) is 0 Å². The average molecular weight is 271 g/mol. The van der Waals surface area contributed by atoms with Gasteiger partial charge in [0.2, 0.25) is 0 Å². The van der Waals surface area contributed by atoms with E-state index in [1.165, 1.54) is 16.7 Å². The number of likely N-dealkylation sites (N-methyl/N-ethyl adjacent to an activating group) is 1. The molecule has 0 bridgehead atoms. The minimum atomic E-state index is -0.604. The summed E-state index contributed by atoms with van der Waals surface area (Å²) < 4.78 is 0. The first-order chi connectivity index (χ1) is 8.36. The molecule has 0 aliphatic rings. The first-order valence-corrected chi connectivity index (χ1v) is 6.67. The van der Waals surface area contributed by atoms with Crippen LogP contribution in [-0.4, -0.2) is 51.8 Å². The number of hydrogen-bond donors (Lipinski definition) is 2. The van der Waals surface area contributed by atoms with Crippen LogP contribution in [0.1, 0.15) is 23.0 Å². The second-order valence-corrected chi connectivity index (χ2v) is 4.88. The topological polar surface area (TPSA) is 86.3 Å². The molecule has 2 N–H and O–H groups in total. The molecule has 1 heterocycles. The number of nitrogens with zero attached hydrogens (tertiary/aromatic N) is 2. The maximum Gasteiger partial charge on any atom is 0.346 e. The van der Waals surface area contributed by atoms with Crippen molar-refractivity contribution in [3.05, 3.63) is 21.7 Å². The minimum Gasteiger partial charge on any atom is -0.392 e. The third-order valence-corrected chi connectivity index (χ3v) is 3.06. The molecule has 1 amide bonds. The highest BCUT2D eigenvalue weighted by Gasteiger charge is 2.21. The molecule has 7 heteroatoms. The number of carbonyl (C=O) groups is 1. The van der Waals surface area contributed by atoms with Crippen LogP contribution < -0.4 is 5.69 Å². The SMILES string of the molecule is CSc1nc(=O)[nH]c(C)c1C(=O)N(C)CC(C)O. The van der Waals surface area contributed by atoms with Crippen LogP contribution in [0.3, 0.4) is 0 Å². The van der Waals surface area contributed by atoms with Gasteiger partial charge in [0.1, 0.15) is 5.03 Å². The molecular formula is C11H17N3O3S. The van der Waals surface area contributed by atoms with Gasteiger partial charge in [0, 0.05) is 19.3 Å². The Morgan fingerprint density at radius 2 is 2.22 bits per heavy atom. The van der Waals surface area contributed by atoms with Crippen LogP contribution >= 0.6 is 11.8 Å². The molecule has 0 spiro atoms. The molecular weight excluding hydrogens is 254 g/mol. The summed E-state index contributed by atoms with van der Waals surface area (Å²) in [6.45, 7) is 3.49. The molecule has 100 valence electrons. The van der Waals surface area contributed by atoms with Crippen molar-refractivity contribution in [1.29, 1.82) is 0 Å². The molecule has 0 saturated carbocycles. The van der Waals surface area contributed by atoms with Crippen molar-refractivity contribution in [3.8, 4) is 0 Å². The number of carbonyl (C=O) groups excluding carboxylic acids is 1. The monoisotopic (exact) mass is 271 g/mol. The summed E-state index contributed by atoms with van der Waals surface area (Å²) in [7, 11) is 1.60. The van der Waals surface area contributed by atoms with Gasteiger partial charge in [-0.25, -0.2) is 4.79 Å². The van der Waals surface area contributed by atoms with E-state index in [1.54, 1.807) is 27.2 Å². The first-order valence-electron chi connectivity index (χ1n) is 5.45. The number of thioether (sulfide) groups is 1. The van der Waals surface area contributed by atoms with E-state index >= 15 is 0 Å². The number of aromatic amines is 1. The smallest absolute Gasteiger partial charge is 0.346 e. The molecule has 0 radical (unpaired) electrons. The van der Waals surface area contributed by atoms with Crippen LogP contribution in [0, 0.1) is 6.92 Å². The van der Waals surface area contributed by atoms with Crippen LogP contribution in [0.25, 0.3) is 0 Å². The van der Waals surface area contributed by atoms with Gasteiger partial charge in [-0.15, -0.1) is 11.8 Å². The van der Waals surface area contributed by atoms with E-state index < -0.39 is 11.8 Å². The maximum atomic E-state index is 12.2. The van der Waals surface area contributed by atoms with Gasteiger partial charge in [0.05, 0.1) is 11.7 Å². The summed E-state index contributed by atoms with van der Waals surface area (Å²) in [5, 5.41) is 9.69. The molecule has 0 aliphatic heterocycles. The van der Waals surface area contributed by atoms with Gasteiger partial charge in [0.15, 0.2) is 0 Å². The molecule has 0 fully saturated rings. The Labute approximate surface area is 109 Å². The Morgan fingerprint density at radius 1 is 1.61 bits per heavy atom. The predicted molar refractivity (Wildman–Crippen MR) is 70.0 cm³/mol. The third-order valence-electron chi connectivity index (χ3n) is 2.38.